The van der Waals surface area contributed by atoms with Gasteiger partial charge in [-0.2, -0.15) is 5.26 Å². The van der Waals surface area contributed by atoms with Gasteiger partial charge >= 0.3 is 5.97 Å². The van der Waals surface area contributed by atoms with Gasteiger partial charge in [-0.25, -0.2) is 14.8 Å². The average Bonchev–Trinajstić information content (AvgIpc) is 2.41. The molecular weight excluding hydrogens is 314 g/mol. The summed E-state index contributed by atoms with van der Waals surface area (Å²) in [7, 11) is 0. The van der Waals surface area contributed by atoms with Crippen molar-refractivity contribution in [1.82, 2.24) is 9.97 Å². The molecule has 1 heterocycles. The molecule has 94 valence electrons. The molecule has 0 radical (unpaired) electrons. The molecule has 0 bridgehead atoms. The van der Waals surface area contributed by atoms with Crippen molar-refractivity contribution in [3.8, 4) is 17.7 Å². The topological polar surface area (TPSA) is 96.1 Å². The van der Waals surface area contributed by atoms with Crippen LogP contribution in [0.4, 0.5) is 0 Å². The van der Waals surface area contributed by atoms with Gasteiger partial charge in [0.05, 0.1) is 12.4 Å². The van der Waals surface area contributed by atoms with Crippen LogP contribution >= 0.6 is 15.9 Å². The van der Waals surface area contributed by atoms with Crippen LogP contribution in [0.5, 0.6) is 11.6 Å². The summed E-state index contributed by atoms with van der Waals surface area (Å²) < 4.78 is 5.97. The molecule has 0 saturated carbocycles. The SMILES string of the molecule is N#Cc1cnc(Oc2ccc(Br)cc2C(=O)O)cn1. The van der Waals surface area contributed by atoms with Crippen LogP contribution in [0.15, 0.2) is 35.1 Å². The molecule has 0 unspecified atom stereocenters. The molecule has 0 aliphatic rings. The average molecular weight is 320 g/mol. The predicted molar refractivity (Wildman–Crippen MR) is 67.9 cm³/mol. The third-order valence-corrected chi connectivity index (χ3v) is 2.62. The molecule has 0 amide bonds. The molecule has 0 spiro atoms. The maximum atomic E-state index is 11.1. The van der Waals surface area contributed by atoms with Crippen molar-refractivity contribution in [2.75, 3.05) is 0 Å². The van der Waals surface area contributed by atoms with E-state index in [1.807, 2.05) is 6.07 Å². The standard InChI is InChI=1S/C12H6BrN3O3/c13-7-1-2-10(9(3-7)12(17)18)19-11-6-15-8(4-14)5-16-11/h1-3,5-6H,(H,17,18). The Morgan fingerprint density at radius 1 is 1.37 bits per heavy atom. The molecule has 1 aromatic heterocycles. The fourth-order valence-corrected chi connectivity index (χ4v) is 1.66. The number of nitrogens with zero attached hydrogens (tertiary/aromatic N) is 3. The van der Waals surface area contributed by atoms with Crippen LogP contribution in [0.2, 0.25) is 0 Å². The third kappa shape index (κ3) is 3.05. The van der Waals surface area contributed by atoms with E-state index in [-0.39, 0.29) is 22.9 Å². The minimum Gasteiger partial charge on any atom is -0.478 e. The van der Waals surface area contributed by atoms with Gasteiger partial charge < -0.3 is 9.84 Å². The summed E-state index contributed by atoms with van der Waals surface area (Å²) >= 11 is 3.19. The van der Waals surface area contributed by atoms with E-state index in [1.165, 1.54) is 24.5 Å². The number of hydrogen-bond donors (Lipinski definition) is 1. The molecule has 0 aliphatic carbocycles. The number of halogens is 1. The van der Waals surface area contributed by atoms with Crippen molar-refractivity contribution >= 4 is 21.9 Å². The molecule has 0 atom stereocenters. The fourth-order valence-electron chi connectivity index (χ4n) is 1.30. The zero-order chi connectivity index (χ0) is 13.8. The lowest BCUT2D eigenvalue weighted by Crippen LogP contribution is -2.01. The first-order chi connectivity index (χ1) is 9.10. The second kappa shape index (κ2) is 5.46. The second-order valence-corrected chi connectivity index (χ2v) is 4.32. The first-order valence-corrected chi connectivity index (χ1v) is 5.82. The second-order valence-electron chi connectivity index (χ2n) is 3.40. The molecule has 2 aromatic rings. The van der Waals surface area contributed by atoms with E-state index in [9.17, 15) is 4.79 Å². The lowest BCUT2D eigenvalue weighted by molar-refractivity contribution is 0.0694. The van der Waals surface area contributed by atoms with E-state index < -0.39 is 5.97 Å². The van der Waals surface area contributed by atoms with Gasteiger partial charge in [0.1, 0.15) is 17.4 Å². The summed E-state index contributed by atoms with van der Waals surface area (Å²) in [5.74, 6) is -0.851. The van der Waals surface area contributed by atoms with Crippen molar-refractivity contribution in [2.45, 2.75) is 0 Å². The Balaban J connectivity index is 2.32. The van der Waals surface area contributed by atoms with Crippen LogP contribution in [0, 0.1) is 11.3 Å². The highest BCUT2D eigenvalue weighted by Gasteiger charge is 2.13. The van der Waals surface area contributed by atoms with Crippen LogP contribution < -0.4 is 4.74 Å². The van der Waals surface area contributed by atoms with Gasteiger partial charge in [0, 0.05) is 4.47 Å². The first-order valence-electron chi connectivity index (χ1n) is 5.03. The van der Waals surface area contributed by atoms with Crippen LogP contribution in [0.25, 0.3) is 0 Å². The van der Waals surface area contributed by atoms with E-state index in [0.717, 1.165) is 0 Å². The number of ether oxygens (including phenoxy) is 1. The number of hydrogen-bond acceptors (Lipinski definition) is 5. The largest absolute Gasteiger partial charge is 0.478 e. The van der Waals surface area contributed by atoms with Gasteiger partial charge in [0.15, 0.2) is 5.69 Å². The van der Waals surface area contributed by atoms with Crippen LogP contribution in [0.1, 0.15) is 16.1 Å². The molecule has 0 saturated heterocycles. The first kappa shape index (κ1) is 13.0. The van der Waals surface area contributed by atoms with E-state index >= 15 is 0 Å². The molecule has 19 heavy (non-hydrogen) atoms. The van der Waals surface area contributed by atoms with Gasteiger partial charge in [-0.1, -0.05) is 15.9 Å². The number of carbonyl (C=O) groups is 1. The fraction of sp³-hybridized carbons (Fsp3) is 0. The number of aromatic nitrogens is 2. The quantitative estimate of drug-likeness (QED) is 0.934. The van der Waals surface area contributed by atoms with Crippen molar-refractivity contribution in [3.63, 3.8) is 0 Å². The maximum absolute atomic E-state index is 11.1. The molecular formula is C12H6BrN3O3. The van der Waals surface area contributed by atoms with Crippen LogP contribution in [0.3, 0.4) is 0 Å². The molecule has 7 heteroatoms. The molecule has 2 rings (SSSR count). The molecule has 6 nitrogen and oxygen atoms in total. The van der Waals surface area contributed by atoms with Gasteiger partial charge in [-0.05, 0) is 18.2 Å². The minimum atomic E-state index is -1.11. The Kier molecular flexibility index (Phi) is 3.73. The van der Waals surface area contributed by atoms with Crippen molar-refractivity contribution in [2.24, 2.45) is 0 Å². The zero-order valence-electron chi connectivity index (χ0n) is 9.37. The lowest BCUT2D eigenvalue weighted by atomic mass is 10.2. The van der Waals surface area contributed by atoms with Gasteiger partial charge in [-0.3, -0.25) is 0 Å². The number of aromatic carboxylic acids is 1. The Morgan fingerprint density at radius 2 is 2.16 bits per heavy atom. The van der Waals surface area contributed by atoms with Crippen molar-refractivity contribution < 1.29 is 14.6 Å². The van der Waals surface area contributed by atoms with E-state index in [1.54, 1.807) is 6.07 Å². The highest BCUT2D eigenvalue weighted by Crippen LogP contribution is 2.26. The Bertz CT molecular complexity index is 665. The third-order valence-electron chi connectivity index (χ3n) is 2.13. The summed E-state index contributed by atoms with van der Waals surface area (Å²) in [6, 6.07) is 6.41. The van der Waals surface area contributed by atoms with E-state index in [2.05, 4.69) is 25.9 Å². The maximum Gasteiger partial charge on any atom is 0.339 e. The monoisotopic (exact) mass is 319 g/mol. The minimum absolute atomic E-state index is 0.000495. The van der Waals surface area contributed by atoms with Crippen molar-refractivity contribution in [1.29, 1.82) is 5.26 Å². The number of carboxylic acid groups (broad SMARTS) is 1. The highest BCUT2D eigenvalue weighted by molar-refractivity contribution is 9.10. The Labute approximate surface area is 116 Å². The summed E-state index contributed by atoms with van der Waals surface area (Å²) in [4.78, 5) is 18.7. The molecule has 1 aromatic carbocycles. The highest BCUT2D eigenvalue weighted by atomic mass is 79.9. The van der Waals surface area contributed by atoms with Crippen LogP contribution in [-0.4, -0.2) is 21.0 Å². The lowest BCUT2D eigenvalue weighted by Gasteiger charge is -2.07. The van der Waals surface area contributed by atoms with Gasteiger partial charge in [-0.15, -0.1) is 0 Å². The van der Waals surface area contributed by atoms with Gasteiger partial charge in [0.2, 0.25) is 5.88 Å². The summed E-state index contributed by atoms with van der Waals surface area (Å²) in [5, 5.41) is 17.7. The molecule has 1 N–H and O–H groups in total. The van der Waals surface area contributed by atoms with E-state index in [4.69, 9.17) is 15.1 Å². The number of rotatable bonds is 3. The van der Waals surface area contributed by atoms with E-state index in [0.29, 0.717) is 4.47 Å². The summed E-state index contributed by atoms with van der Waals surface area (Å²) in [6.07, 6.45) is 2.50. The van der Waals surface area contributed by atoms with Crippen LogP contribution in [-0.2, 0) is 0 Å². The summed E-state index contributed by atoms with van der Waals surface area (Å²) in [5.41, 5.74) is 0.155. The number of nitriles is 1. The number of benzene rings is 1. The Morgan fingerprint density at radius 3 is 2.74 bits per heavy atom. The predicted octanol–water partition coefficient (Wildman–Crippen LogP) is 2.60. The Hall–Kier alpha value is -2.46. The zero-order valence-corrected chi connectivity index (χ0v) is 11.0. The molecule has 0 aliphatic heterocycles. The summed E-state index contributed by atoms with van der Waals surface area (Å²) in [6.45, 7) is 0. The molecule has 0 fully saturated rings. The van der Waals surface area contributed by atoms with Gasteiger partial charge in [0.25, 0.3) is 0 Å². The smallest absolute Gasteiger partial charge is 0.339 e. The number of carboxylic acids is 1. The normalized spacial score (nSPS) is 9.68. The van der Waals surface area contributed by atoms with Crippen molar-refractivity contribution in [3.05, 3.63) is 46.3 Å².